The third kappa shape index (κ3) is 3.55. The Morgan fingerprint density at radius 1 is 0.952 bits per heavy atom. The van der Waals surface area contributed by atoms with E-state index in [1.54, 1.807) is 6.07 Å². The Labute approximate surface area is 121 Å². The molecule has 0 saturated carbocycles. The summed E-state index contributed by atoms with van der Waals surface area (Å²) in [6.07, 6.45) is -4.17. The highest BCUT2D eigenvalue weighted by Crippen LogP contribution is 2.33. The molecular weight excluding hydrogens is 279 g/mol. The second-order valence-electron chi connectivity index (χ2n) is 4.77. The SMILES string of the molecule is CCC(N)(c1ccccc1)c1cccc(OC(F)(F)F)c1. The Balaban J connectivity index is 2.41. The fraction of sp³-hybridized carbons (Fsp3) is 0.250. The fourth-order valence-electron chi connectivity index (χ4n) is 2.28. The first-order chi connectivity index (χ1) is 9.85. The summed E-state index contributed by atoms with van der Waals surface area (Å²) in [6, 6.07) is 15.1. The summed E-state index contributed by atoms with van der Waals surface area (Å²) in [5.74, 6) is -0.265. The van der Waals surface area contributed by atoms with Crippen molar-refractivity contribution in [2.45, 2.75) is 25.2 Å². The molecule has 2 nitrogen and oxygen atoms in total. The summed E-state index contributed by atoms with van der Waals surface area (Å²) in [6.45, 7) is 1.89. The molecule has 0 saturated heterocycles. The van der Waals surface area contributed by atoms with Crippen LogP contribution in [0.15, 0.2) is 54.6 Å². The van der Waals surface area contributed by atoms with Crippen LogP contribution in [0.5, 0.6) is 5.75 Å². The predicted octanol–water partition coefficient (Wildman–Crippen LogP) is 4.20. The second-order valence-corrected chi connectivity index (χ2v) is 4.77. The maximum absolute atomic E-state index is 12.3. The number of halogens is 3. The molecule has 2 N–H and O–H groups in total. The Morgan fingerprint density at radius 2 is 1.57 bits per heavy atom. The molecular formula is C16H16F3NO. The Morgan fingerprint density at radius 3 is 2.14 bits per heavy atom. The van der Waals surface area contributed by atoms with Crippen molar-refractivity contribution in [1.82, 2.24) is 0 Å². The van der Waals surface area contributed by atoms with Gasteiger partial charge in [0.1, 0.15) is 5.75 Å². The number of hydrogen-bond donors (Lipinski definition) is 1. The van der Waals surface area contributed by atoms with Crippen LogP contribution in [0.4, 0.5) is 13.2 Å². The highest BCUT2D eigenvalue weighted by molar-refractivity contribution is 5.41. The van der Waals surface area contributed by atoms with Crippen LogP contribution in [0.1, 0.15) is 24.5 Å². The van der Waals surface area contributed by atoms with E-state index in [2.05, 4.69) is 4.74 Å². The maximum Gasteiger partial charge on any atom is 0.573 e. The van der Waals surface area contributed by atoms with Crippen molar-refractivity contribution in [2.24, 2.45) is 5.73 Å². The summed E-state index contributed by atoms with van der Waals surface area (Å²) in [7, 11) is 0. The third-order valence-electron chi connectivity index (χ3n) is 3.43. The van der Waals surface area contributed by atoms with Gasteiger partial charge < -0.3 is 10.5 Å². The maximum atomic E-state index is 12.3. The highest BCUT2D eigenvalue weighted by Gasteiger charge is 2.32. The molecule has 2 rings (SSSR count). The average molecular weight is 295 g/mol. The molecule has 2 aromatic carbocycles. The van der Waals surface area contributed by atoms with Gasteiger partial charge in [-0.15, -0.1) is 13.2 Å². The van der Waals surface area contributed by atoms with Gasteiger partial charge in [0.25, 0.3) is 0 Å². The molecule has 0 heterocycles. The highest BCUT2D eigenvalue weighted by atomic mass is 19.4. The number of alkyl halides is 3. The van der Waals surface area contributed by atoms with Crippen LogP contribution in [0.2, 0.25) is 0 Å². The van der Waals surface area contributed by atoms with Crippen molar-refractivity contribution in [3.63, 3.8) is 0 Å². The van der Waals surface area contributed by atoms with Crippen LogP contribution < -0.4 is 10.5 Å². The van der Waals surface area contributed by atoms with E-state index in [0.29, 0.717) is 12.0 Å². The average Bonchev–Trinajstić information content (AvgIpc) is 2.46. The molecule has 112 valence electrons. The van der Waals surface area contributed by atoms with E-state index in [9.17, 15) is 13.2 Å². The quantitative estimate of drug-likeness (QED) is 0.917. The zero-order valence-corrected chi connectivity index (χ0v) is 11.5. The normalized spacial score (nSPS) is 14.5. The molecule has 0 aromatic heterocycles. The van der Waals surface area contributed by atoms with Crippen molar-refractivity contribution in [1.29, 1.82) is 0 Å². The Bertz CT molecular complexity index is 598. The third-order valence-corrected chi connectivity index (χ3v) is 3.43. The monoisotopic (exact) mass is 295 g/mol. The van der Waals surface area contributed by atoms with Gasteiger partial charge in [0.2, 0.25) is 0 Å². The van der Waals surface area contributed by atoms with Crippen LogP contribution in [-0.4, -0.2) is 6.36 Å². The number of benzene rings is 2. The van der Waals surface area contributed by atoms with Gasteiger partial charge in [0, 0.05) is 0 Å². The number of hydrogen-bond acceptors (Lipinski definition) is 2. The molecule has 0 aliphatic heterocycles. The largest absolute Gasteiger partial charge is 0.573 e. The fourth-order valence-corrected chi connectivity index (χ4v) is 2.28. The first kappa shape index (κ1) is 15.4. The molecule has 21 heavy (non-hydrogen) atoms. The summed E-state index contributed by atoms with van der Waals surface area (Å²) in [5, 5.41) is 0. The van der Waals surface area contributed by atoms with Crippen LogP contribution in [-0.2, 0) is 5.54 Å². The summed E-state index contributed by atoms with van der Waals surface area (Å²) >= 11 is 0. The van der Waals surface area contributed by atoms with Crippen LogP contribution in [0, 0.1) is 0 Å². The minimum absolute atomic E-state index is 0.265. The predicted molar refractivity (Wildman–Crippen MR) is 74.8 cm³/mol. The van der Waals surface area contributed by atoms with Gasteiger partial charge in [0.15, 0.2) is 0 Å². The lowest BCUT2D eigenvalue weighted by molar-refractivity contribution is -0.274. The topological polar surface area (TPSA) is 35.2 Å². The smallest absolute Gasteiger partial charge is 0.406 e. The van der Waals surface area contributed by atoms with Crippen LogP contribution >= 0.6 is 0 Å². The van der Waals surface area contributed by atoms with Gasteiger partial charge in [-0.2, -0.15) is 0 Å². The van der Waals surface area contributed by atoms with Crippen molar-refractivity contribution >= 4 is 0 Å². The van der Waals surface area contributed by atoms with Gasteiger partial charge in [-0.05, 0) is 29.7 Å². The first-order valence-electron chi connectivity index (χ1n) is 6.56. The van der Waals surface area contributed by atoms with E-state index in [4.69, 9.17) is 5.73 Å². The number of nitrogens with two attached hydrogens (primary N) is 1. The molecule has 0 spiro atoms. The van der Waals surface area contributed by atoms with Crippen LogP contribution in [0.3, 0.4) is 0 Å². The lowest BCUT2D eigenvalue weighted by Gasteiger charge is -2.30. The zero-order valence-electron chi connectivity index (χ0n) is 11.5. The molecule has 5 heteroatoms. The lowest BCUT2D eigenvalue weighted by Crippen LogP contribution is -2.37. The molecule has 0 aliphatic carbocycles. The van der Waals surface area contributed by atoms with Gasteiger partial charge >= 0.3 is 6.36 Å². The van der Waals surface area contributed by atoms with Gasteiger partial charge in [0.05, 0.1) is 5.54 Å². The van der Waals surface area contributed by atoms with E-state index in [1.165, 1.54) is 18.2 Å². The first-order valence-corrected chi connectivity index (χ1v) is 6.56. The molecule has 0 aliphatic rings. The van der Waals surface area contributed by atoms with E-state index < -0.39 is 11.9 Å². The summed E-state index contributed by atoms with van der Waals surface area (Å²) in [5.41, 5.74) is 7.01. The number of ether oxygens (including phenoxy) is 1. The molecule has 2 aromatic rings. The molecule has 0 radical (unpaired) electrons. The number of rotatable bonds is 4. The van der Waals surface area contributed by atoms with E-state index >= 15 is 0 Å². The van der Waals surface area contributed by atoms with Crippen molar-refractivity contribution in [3.05, 3.63) is 65.7 Å². The summed E-state index contributed by atoms with van der Waals surface area (Å²) < 4.78 is 40.9. The second kappa shape index (κ2) is 5.77. The van der Waals surface area contributed by atoms with Gasteiger partial charge in [-0.1, -0.05) is 49.4 Å². The molecule has 1 atom stereocenters. The van der Waals surface area contributed by atoms with Crippen molar-refractivity contribution in [2.75, 3.05) is 0 Å². The molecule has 0 bridgehead atoms. The van der Waals surface area contributed by atoms with Gasteiger partial charge in [-0.25, -0.2) is 0 Å². The van der Waals surface area contributed by atoms with Crippen molar-refractivity contribution < 1.29 is 17.9 Å². The molecule has 0 amide bonds. The zero-order chi connectivity index (χ0) is 15.5. The minimum Gasteiger partial charge on any atom is -0.406 e. The Kier molecular flexibility index (Phi) is 4.23. The Hall–Kier alpha value is -2.01. The van der Waals surface area contributed by atoms with Crippen molar-refractivity contribution in [3.8, 4) is 5.75 Å². The molecule has 1 unspecified atom stereocenters. The van der Waals surface area contributed by atoms with Crippen LogP contribution in [0.25, 0.3) is 0 Å². The minimum atomic E-state index is -4.71. The van der Waals surface area contributed by atoms with Gasteiger partial charge in [-0.3, -0.25) is 0 Å². The standard InChI is InChI=1S/C16H16F3NO/c1-2-15(20,12-7-4-3-5-8-12)13-9-6-10-14(11-13)21-16(17,18)19/h3-11H,2,20H2,1H3. The lowest BCUT2D eigenvalue weighted by atomic mass is 9.81. The van der Waals surface area contributed by atoms with E-state index in [-0.39, 0.29) is 5.75 Å². The summed E-state index contributed by atoms with van der Waals surface area (Å²) in [4.78, 5) is 0. The van der Waals surface area contributed by atoms with E-state index in [0.717, 1.165) is 5.56 Å². The molecule has 0 fully saturated rings. The van der Waals surface area contributed by atoms with E-state index in [1.807, 2.05) is 37.3 Å².